The van der Waals surface area contributed by atoms with Crippen LogP contribution < -0.4 is 15.4 Å². The number of aryl methyl sites for hydroxylation is 2. The molecule has 0 saturated carbocycles. The third-order valence-corrected chi connectivity index (χ3v) is 10.1. The topological polar surface area (TPSA) is 134 Å². The number of piperidine rings is 1. The molecule has 0 radical (unpaired) electrons. The van der Waals surface area contributed by atoms with Gasteiger partial charge in [0, 0.05) is 31.8 Å². The Morgan fingerprint density at radius 3 is 2.63 bits per heavy atom. The van der Waals surface area contributed by atoms with Crippen molar-refractivity contribution >= 4 is 44.6 Å². The van der Waals surface area contributed by atoms with Gasteiger partial charge >= 0.3 is 0 Å². The summed E-state index contributed by atoms with van der Waals surface area (Å²) >= 11 is 6.43. The molecule has 2 aromatic heterocycles. The van der Waals surface area contributed by atoms with Gasteiger partial charge in [-0.25, -0.2) is 13.4 Å². The van der Waals surface area contributed by atoms with Gasteiger partial charge in [-0.3, -0.25) is 4.68 Å². The van der Waals surface area contributed by atoms with Gasteiger partial charge in [0.2, 0.25) is 20.8 Å². The van der Waals surface area contributed by atoms with Crippen LogP contribution in [0.25, 0.3) is 0 Å². The van der Waals surface area contributed by atoms with Crippen LogP contribution in [-0.2, 0) is 23.3 Å². The van der Waals surface area contributed by atoms with E-state index in [4.69, 9.17) is 16.3 Å². The van der Waals surface area contributed by atoms with Crippen molar-refractivity contribution in [2.24, 2.45) is 7.05 Å². The lowest BCUT2D eigenvalue weighted by Crippen LogP contribution is -2.35. The fourth-order valence-corrected chi connectivity index (χ4v) is 6.99. The lowest BCUT2D eigenvalue weighted by molar-refractivity contribution is 0.164. The number of benzene rings is 1. The zero-order valence-electron chi connectivity index (χ0n) is 24.1. The monoisotopic (exact) mass is 603 g/mol. The normalized spacial score (nSPS) is 18.0. The molecule has 1 aromatic carbocycles. The maximum Gasteiger partial charge on any atom is 0.229 e. The summed E-state index contributed by atoms with van der Waals surface area (Å²) in [4.78, 5) is 11.3. The van der Waals surface area contributed by atoms with Gasteiger partial charge in [-0.1, -0.05) is 11.6 Å². The van der Waals surface area contributed by atoms with Crippen LogP contribution in [0.3, 0.4) is 0 Å². The molecule has 1 atom stereocenters. The first kappa shape index (κ1) is 29.6. The first-order chi connectivity index (χ1) is 19.5. The Bertz CT molecular complexity index is 1530. The molecule has 41 heavy (non-hydrogen) atoms. The minimum atomic E-state index is -3.64. The minimum Gasteiger partial charge on any atom is -0.488 e. The molecule has 222 valence electrons. The molecule has 0 unspecified atom stereocenters. The maximum absolute atomic E-state index is 12.9. The smallest absolute Gasteiger partial charge is 0.229 e. The largest absolute Gasteiger partial charge is 0.488 e. The van der Waals surface area contributed by atoms with Crippen LogP contribution in [0.2, 0.25) is 5.02 Å². The first-order valence-corrected chi connectivity index (χ1v) is 15.9. The lowest BCUT2D eigenvalue weighted by atomic mass is 9.82. The summed E-state index contributed by atoms with van der Waals surface area (Å²) < 4.78 is 33.5. The predicted octanol–water partition coefficient (Wildman–Crippen LogP) is 4.34. The van der Waals surface area contributed by atoms with Crippen molar-refractivity contribution in [1.82, 2.24) is 24.6 Å². The summed E-state index contributed by atoms with van der Waals surface area (Å²) in [5.74, 6) is 1.82. The molecule has 3 N–H and O–H groups in total. The van der Waals surface area contributed by atoms with Gasteiger partial charge < -0.3 is 25.4 Å². The van der Waals surface area contributed by atoms with Crippen molar-refractivity contribution < 1.29 is 18.3 Å². The van der Waals surface area contributed by atoms with E-state index in [-0.39, 0.29) is 34.3 Å². The molecule has 0 bridgehead atoms. The highest BCUT2D eigenvalue weighted by atomic mass is 35.5. The van der Waals surface area contributed by atoms with Crippen LogP contribution in [0, 0.1) is 6.92 Å². The van der Waals surface area contributed by atoms with E-state index in [0.29, 0.717) is 11.9 Å². The van der Waals surface area contributed by atoms with Crippen molar-refractivity contribution in [2.45, 2.75) is 69.3 Å². The Kier molecular flexibility index (Phi) is 8.47. The van der Waals surface area contributed by atoms with Gasteiger partial charge in [-0.05, 0) is 76.7 Å². The van der Waals surface area contributed by atoms with Crippen LogP contribution in [-0.4, -0.2) is 75.8 Å². The molecule has 0 amide bonds. The number of aliphatic hydroxyl groups excluding tert-OH is 1. The maximum atomic E-state index is 12.9. The number of fused-ring (bicyclic) bond motifs is 1. The van der Waals surface area contributed by atoms with Crippen LogP contribution in [0.4, 0.5) is 23.1 Å². The first-order valence-electron chi connectivity index (χ1n) is 14.0. The number of aromatic nitrogens is 4. The minimum absolute atomic E-state index is 0.0517. The molecule has 0 spiro atoms. The number of anilines is 4. The summed E-state index contributed by atoms with van der Waals surface area (Å²) in [6, 6.07) is 2.09. The second-order valence-corrected chi connectivity index (χ2v) is 14.0. The zero-order chi connectivity index (χ0) is 29.5. The molecule has 3 aromatic rings. The number of sulfone groups is 1. The van der Waals surface area contributed by atoms with Crippen molar-refractivity contribution in [1.29, 1.82) is 0 Å². The van der Waals surface area contributed by atoms with Crippen LogP contribution in [0.5, 0.6) is 5.75 Å². The number of likely N-dealkylation sites (tertiary alicyclic amines) is 1. The summed E-state index contributed by atoms with van der Waals surface area (Å²) in [5, 5.41) is 19.4. The number of nitrogens with zero attached hydrogens (tertiary/aromatic N) is 5. The summed E-state index contributed by atoms with van der Waals surface area (Å²) in [7, 11) is -1.98. The Morgan fingerprint density at radius 2 is 1.95 bits per heavy atom. The van der Waals surface area contributed by atoms with E-state index < -0.39 is 15.1 Å². The highest BCUT2D eigenvalue weighted by molar-refractivity contribution is 7.92. The van der Waals surface area contributed by atoms with E-state index in [1.807, 2.05) is 0 Å². The molecule has 4 heterocycles. The van der Waals surface area contributed by atoms with Crippen molar-refractivity contribution in [3.05, 3.63) is 40.2 Å². The lowest BCUT2D eigenvalue weighted by Gasteiger charge is -2.33. The van der Waals surface area contributed by atoms with Crippen LogP contribution in [0.1, 0.15) is 56.2 Å². The van der Waals surface area contributed by atoms with E-state index in [1.54, 1.807) is 27.1 Å². The predicted molar refractivity (Wildman–Crippen MR) is 160 cm³/mol. The number of hydrogen-bond acceptors (Lipinski definition) is 10. The number of β-amino-alcohol motifs (C(OH)–C–C–N with tert-alkyl or cyclic N) is 1. The van der Waals surface area contributed by atoms with Gasteiger partial charge in [-0.2, -0.15) is 10.1 Å². The number of nitrogens with one attached hydrogen (secondary N) is 2. The third-order valence-electron chi connectivity index (χ3n) is 7.78. The summed E-state index contributed by atoms with van der Waals surface area (Å²) in [5.41, 5.74) is 4.85. The number of ether oxygens (including phenoxy) is 1. The van der Waals surface area contributed by atoms with E-state index >= 15 is 0 Å². The number of hydrogen-bond donors (Lipinski definition) is 3. The van der Waals surface area contributed by atoms with Gasteiger partial charge in [0.15, 0.2) is 5.82 Å². The van der Waals surface area contributed by atoms with Crippen molar-refractivity contribution in [3.63, 3.8) is 0 Å². The average molecular weight is 604 g/mol. The molecule has 0 aliphatic carbocycles. The highest BCUT2D eigenvalue weighted by Crippen LogP contribution is 2.46. The summed E-state index contributed by atoms with van der Waals surface area (Å²) in [6.45, 7) is 10.3. The second-order valence-electron chi connectivity index (χ2n) is 11.2. The molecule has 1 saturated heterocycles. The molecule has 2 aliphatic heterocycles. The molecule has 5 rings (SSSR count). The SMILES string of the molecule is Cc1cc(Nc2ncc(Cl)c(Nc3cn(C)nc3S(=O)(=O)C(C)C)n2)c2c(c1C1CCN(CCO)CC1)C[C@@H](C)O2. The Labute approximate surface area is 246 Å². The van der Waals surface area contributed by atoms with Crippen molar-refractivity contribution in [2.75, 3.05) is 36.9 Å². The molecule has 1 fully saturated rings. The quantitative estimate of drug-likeness (QED) is 0.324. The molecular formula is C28H38ClN7O4S. The number of aliphatic hydroxyl groups is 1. The standard InChI is InChI=1S/C28H38ClN7O4S/c1-16(2)41(38,39)27-23(15-35(5)34-27)31-26-21(29)14-30-28(33-26)32-22-12-17(3)24(20-13-18(4)40-25(20)22)19-6-8-36(9-7-19)10-11-37/h12,14-16,18-19,37H,6-11,13H2,1-5H3,(H2,30,31,32,33)/t18-/m1/s1. The Morgan fingerprint density at radius 1 is 1.22 bits per heavy atom. The van der Waals surface area contributed by atoms with Crippen LogP contribution >= 0.6 is 11.6 Å². The Hall–Kier alpha value is -2.93. The van der Waals surface area contributed by atoms with E-state index in [9.17, 15) is 13.5 Å². The van der Waals surface area contributed by atoms with Gasteiger partial charge in [0.25, 0.3) is 0 Å². The van der Waals surface area contributed by atoms with Gasteiger partial charge in [-0.15, -0.1) is 0 Å². The number of halogens is 1. The van der Waals surface area contributed by atoms with E-state index in [1.165, 1.54) is 27.6 Å². The average Bonchev–Trinajstić information content (AvgIpc) is 3.49. The van der Waals surface area contributed by atoms with E-state index in [2.05, 4.69) is 50.5 Å². The third kappa shape index (κ3) is 6.01. The summed E-state index contributed by atoms with van der Waals surface area (Å²) in [6.07, 6.45) is 6.03. The number of rotatable bonds is 9. The highest BCUT2D eigenvalue weighted by Gasteiger charge is 2.32. The zero-order valence-corrected chi connectivity index (χ0v) is 25.7. The second kappa shape index (κ2) is 11.7. The molecular weight excluding hydrogens is 566 g/mol. The fraction of sp³-hybridized carbons (Fsp3) is 0.536. The molecule has 2 aliphatic rings. The van der Waals surface area contributed by atoms with Gasteiger partial charge in [0.05, 0.1) is 29.4 Å². The van der Waals surface area contributed by atoms with Gasteiger partial charge in [0.1, 0.15) is 16.9 Å². The van der Waals surface area contributed by atoms with Crippen LogP contribution in [0.15, 0.2) is 23.5 Å². The van der Waals surface area contributed by atoms with E-state index in [0.717, 1.165) is 50.3 Å². The fourth-order valence-electron chi connectivity index (χ4n) is 5.75. The molecule has 13 heteroatoms. The van der Waals surface area contributed by atoms with Crippen molar-refractivity contribution in [3.8, 4) is 5.75 Å². The molecule has 11 nitrogen and oxygen atoms in total. The Balaban J connectivity index is 1.43.